The SMILES string of the molecule is O=C([O-])O.[PH3+]c1ccccc1. The second-order valence-electron chi connectivity index (χ2n) is 1.75. The Balaban J connectivity index is 0.000000218. The number of benzene rings is 1. The van der Waals surface area contributed by atoms with Crippen molar-refractivity contribution in [2.45, 2.75) is 0 Å². The number of rotatable bonds is 0. The molecule has 0 amide bonds. The second kappa shape index (κ2) is 5.69. The number of hydrogen-bond donors (Lipinski definition) is 1. The first-order chi connectivity index (χ1) is 5.13. The van der Waals surface area contributed by atoms with Crippen molar-refractivity contribution in [1.82, 2.24) is 0 Å². The molecule has 0 saturated carbocycles. The molecule has 0 radical (unpaired) electrons. The van der Waals surface area contributed by atoms with E-state index in [0.717, 1.165) is 0 Å². The van der Waals surface area contributed by atoms with Crippen LogP contribution in [0.4, 0.5) is 4.79 Å². The number of carboxylic acid groups (broad SMARTS) is 2. The average molecular weight is 172 g/mol. The summed E-state index contributed by atoms with van der Waals surface area (Å²) in [6.07, 6.45) is -2.08. The number of hydrogen-bond acceptors (Lipinski definition) is 2. The fourth-order valence-electron chi connectivity index (χ4n) is 0.478. The number of carbonyl (C=O) groups is 1. The van der Waals surface area contributed by atoms with Gasteiger partial charge in [-0.2, -0.15) is 0 Å². The van der Waals surface area contributed by atoms with Crippen molar-refractivity contribution in [3.05, 3.63) is 30.3 Å². The summed E-state index contributed by atoms with van der Waals surface area (Å²) in [7, 11) is 1.90. The van der Waals surface area contributed by atoms with E-state index in [-0.39, 0.29) is 0 Å². The van der Waals surface area contributed by atoms with Gasteiger partial charge in [0.2, 0.25) is 6.16 Å². The molecular weight excluding hydrogens is 163 g/mol. The van der Waals surface area contributed by atoms with Crippen LogP contribution in [0.3, 0.4) is 0 Å². The van der Waals surface area contributed by atoms with Crippen LogP contribution in [0.15, 0.2) is 30.3 Å². The van der Waals surface area contributed by atoms with Crippen LogP contribution in [-0.2, 0) is 0 Å². The second-order valence-corrected chi connectivity index (χ2v) is 2.57. The highest BCUT2D eigenvalue weighted by Crippen LogP contribution is 1.86. The lowest BCUT2D eigenvalue weighted by molar-refractivity contribution is -0.275. The van der Waals surface area contributed by atoms with Crippen LogP contribution in [0.1, 0.15) is 0 Å². The molecule has 1 atom stereocenters. The van der Waals surface area contributed by atoms with Gasteiger partial charge < -0.3 is 15.0 Å². The summed E-state index contributed by atoms with van der Waals surface area (Å²) in [5, 5.41) is 16.7. The van der Waals surface area contributed by atoms with Crippen LogP contribution in [0.2, 0.25) is 0 Å². The lowest BCUT2D eigenvalue weighted by Crippen LogP contribution is -2.17. The molecule has 1 aromatic carbocycles. The molecule has 0 bridgehead atoms. The zero-order valence-electron chi connectivity index (χ0n) is 5.86. The Morgan fingerprint density at radius 3 is 1.91 bits per heavy atom. The molecule has 0 saturated heterocycles. The summed E-state index contributed by atoms with van der Waals surface area (Å²) in [6.45, 7) is 0. The van der Waals surface area contributed by atoms with E-state index >= 15 is 0 Å². The monoisotopic (exact) mass is 172 g/mol. The topological polar surface area (TPSA) is 60.4 Å². The van der Waals surface area contributed by atoms with Crippen molar-refractivity contribution in [1.29, 1.82) is 0 Å². The van der Waals surface area contributed by atoms with E-state index in [0.29, 0.717) is 0 Å². The van der Waals surface area contributed by atoms with Crippen LogP contribution in [0.25, 0.3) is 0 Å². The van der Waals surface area contributed by atoms with E-state index in [1.54, 1.807) is 0 Å². The molecule has 60 valence electrons. The molecule has 1 aromatic rings. The van der Waals surface area contributed by atoms with Crippen LogP contribution in [0.5, 0.6) is 0 Å². The van der Waals surface area contributed by atoms with Gasteiger partial charge in [0, 0.05) is 9.24 Å². The maximum atomic E-state index is 8.44. The van der Waals surface area contributed by atoms with Crippen molar-refractivity contribution in [3.63, 3.8) is 0 Å². The predicted octanol–water partition coefficient (Wildman–Crippen LogP) is -0.193. The van der Waals surface area contributed by atoms with Gasteiger partial charge in [-0.25, -0.2) is 0 Å². The van der Waals surface area contributed by atoms with E-state index in [1.165, 1.54) is 5.30 Å². The Morgan fingerprint density at radius 2 is 1.73 bits per heavy atom. The predicted molar refractivity (Wildman–Crippen MR) is 45.2 cm³/mol. The van der Waals surface area contributed by atoms with Crippen molar-refractivity contribution in [3.8, 4) is 0 Å². The zero-order chi connectivity index (χ0) is 8.69. The van der Waals surface area contributed by atoms with Gasteiger partial charge in [0.15, 0.2) is 0 Å². The quantitative estimate of drug-likeness (QED) is 0.551. The van der Waals surface area contributed by atoms with Crippen molar-refractivity contribution < 1.29 is 15.0 Å². The highest BCUT2D eigenvalue weighted by atomic mass is 31.0. The molecule has 0 heterocycles. The lowest BCUT2D eigenvalue weighted by atomic mass is 10.4. The first-order valence-electron chi connectivity index (χ1n) is 2.90. The van der Waals surface area contributed by atoms with E-state index in [2.05, 4.69) is 12.1 Å². The molecule has 4 heteroatoms. The molecule has 1 N–H and O–H groups in total. The van der Waals surface area contributed by atoms with Crippen LogP contribution < -0.4 is 10.4 Å². The normalized spacial score (nSPS) is 8.00. The molecule has 11 heavy (non-hydrogen) atoms. The summed E-state index contributed by atoms with van der Waals surface area (Å²) in [4.78, 5) is 8.44. The molecule has 0 aliphatic heterocycles. The molecule has 0 spiro atoms. The molecule has 3 nitrogen and oxygen atoms in total. The van der Waals surface area contributed by atoms with Gasteiger partial charge in [-0.3, -0.25) is 0 Å². The summed E-state index contributed by atoms with van der Waals surface area (Å²) in [5.74, 6) is 0. The summed E-state index contributed by atoms with van der Waals surface area (Å²) in [6, 6.07) is 10.3. The largest absolute Gasteiger partial charge is 0.565 e. The third-order valence-corrected chi connectivity index (χ3v) is 1.31. The molecule has 0 aromatic heterocycles. The van der Waals surface area contributed by atoms with E-state index < -0.39 is 6.16 Å². The Hall–Kier alpha value is -1.08. The van der Waals surface area contributed by atoms with Gasteiger partial charge in [0.05, 0.1) is 5.30 Å². The van der Waals surface area contributed by atoms with E-state index in [4.69, 9.17) is 15.0 Å². The van der Waals surface area contributed by atoms with Crippen molar-refractivity contribution in [2.75, 3.05) is 0 Å². The zero-order valence-corrected chi connectivity index (χ0v) is 7.27. The van der Waals surface area contributed by atoms with Gasteiger partial charge in [-0.1, -0.05) is 18.2 Å². The molecule has 0 fully saturated rings. The minimum absolute atomic E-state index is 1.35. The Labute approximate surface area is 66.9 Å². The minimum atomic E-state index is -2.08. The van der Waals surface area contributed by atoms with Crippen LogP contribution in [-0.4, -0.2) is 11.3 Å². The Morgan fingerprint density at radius 1 is 1.36 bits per heavy atom. The molecular formula is C7H9O3P. The van der Waals surface area contributed by atoms with Gasteiger partial charge in [0.1, 0.15) is 0 Å². The summed E-state index contributed by atoms with van der Waals surface area (Å²) < 4.78 is 0. The van der Waals surface area contributed by atoms with Crippen molar-refractivity contribution in [2.24, 2.45) is 0 Å². The van der Waals surface area contributed by atoms with Gasteiger partial charge in [-0.15, -0.1) is 0 Å². The summed E-state index contributed by atoms with van der Waals surface area (Å²) in [5.41, 5.74) is 0. The molecule has 1 rings (SSSR count). The minimum Gasteiger partial charge on any atom is -0.565 e. The van der Waals surface area contributed by atoms with Crippen molar-refractivity contribution >= 4 is 20.7 Å². The first-order valence-corrected chi connectivity index (χ1v) is 3.60. The van der Waals surface area contributed by atoms with Gasteiger partial charge in [0.25, 0.3) is 0 Å². The highest BCUT2D eigenvalue weighted by Gasteiger charge is 1.78. The third kappa shape index (κ3) is 8.92. The fourth-order valence-corrected chi connectivity index (χ4v) is 0.750. The van der Waals surface area contributed by atoms with Crippen LogP contribution in [0, 0.1) is 0 Å². The van der Waals surface area contributed by atoms with E-state index in [9.17, 15) is 0 Å². The molecule has 0 aliphatic carbocycles. The van der Waals surface area contributed by atoms with Gasteiger partial charge in [-0.05, 0) is 12.1 Å². The maximum absolute atomic E-state index is 8.44. The first kappa shape index (κ1) is 9.92. The molecule has 0 aliphatic rings. The highest BCUT2D eigenvalue weighted by molar-refractivity contribution is 7.27. The smallest absolute Gasteiger partial charge is 0.249 e. The average Bonchev–Trinajstić information content (AvgIpc) is 1.87. The Kier molecular flexibility index (Phi) is 5.13. The molecule has 1 unspecified atom stereocenters. The summed E-state index contributed by atoms with van der Waals surface area (Å²) >= 11 is 0. The standard InChI is InChI=1S/C6H7P.CH2O3/c7-6-4-2-1-3-5-6;2-1(3)4/h1-5H,7H2;(H2,2,3,4). The van der Waals surface area contributed by atoms with Gasteiger partial charge >= 0.3 is 0 Å². The fraction of sp³-hybridized carbons (Fsp3) is 0. The van der Waals surface area contributed by atoms with E-state index in [1.807, 2.05) is 27.4 Å². The van der Waals surface area contributed by atoms with Crippen LogP contribution >= 0.6 is 9.24 Å². The third-order valence-electron chi connectivity index (χ3n) is 0.843. The maximum Gasteiger partial charge on any atom is 0.249 e. The Bertz CT molecular complexity index is 206. The lowest BCUT2D eigenvalue weighted by Gasteiger charge is -1.77.